The van der Waals surface area contributed by atoms with E-state index in [0.29, 0.717) is 24.4 Å². The lowest BCUT2D eigenvalue weighted by Crippen LogP contribution is -2.31. The van der Waals surface area contributed by atoms with Crippen LogP contribution in [-0.2, 0) is 11.3 Å². The number of oxime groups is 1. The van der Waals surface area contributed by atoms with Gasteiger partial charge in [-0.15, -0.1) is 0 Å². The number of carbonyl (C=O) groups excluding carboxylic acids is 1. The molecule has 0 bridgehead atoms. The summed E-state index contributed by atoms with van der Waals surface area (Å²) in [7, 11) is 1.51. The van der Waals surface area contributed by atoms with Crippen LogP contribution in [0.2, 0.25) is 0 Å². The summed E-state index contributed by atoms with van der Waals surface area (Å²) in [6.45, 7) is 4.34. The highest BCUT2D eigenvalue weighted by molar-refractivity contribution is 6.00. The number of nitrogens with zero attached hydrogens (tertiary/aromatic N) is 3. The van der Waals surface area contributed by atoms with Crippen molar-refractivity contribution >= 4 is 11.6 Å². The van der Waals surface area contributed by atoms with Gasteiger partial charge in [0.15, 0.2) is 0 Å². The molecule has 1 atom stereocenters. The number of oxazole rings is 1. The molecular formula is C24H25N3O3. The highest BCUT2D eigenvalue weighted by Gasteiger charge is 2.38. The lowest BCUT2D eigenvalue weighted by atomic mass is 10.0. The molecule has 0 unspecified atom stereocenters. The molecule has 6 heteroatoms. The summed E-state index contributed by atoms with van der Waals surface area (Å²) in [5.74, 6) is 1.28. The third kappa shape index (κ3) is 3.85. The summed E-state index contributed by atoms with van der Waals surface area (Å²) in [6.07, 6.45) is 1.33. The van der Waals surface area contributed by atoms with E-state index in [4.69, 9.17) is 9.25 Å². The summed E-state index contributed by atoms with van der Waals surface area (Å²) in [5, 5.41) is 4.08. The average molecular weight is 403 g/mol. The maximum absolute atomic E-state index is 13.4. The lowest BCUT2D eigenvalue weighted by Gasteiger charge is -2.21. The van der Waals surface area contributed by atoms with Gasteiger partial charge >= 0.3 is 0 Å². The Balaban J connectivity index is 1.62. The second-order valence-electron chi connectivity index (χ2n) is 7.34. The van der Waals surface area contributed by atoms with E-state index in [0.717, 1.165) is 34.7 Å². The molecule has 3 aromatic rings. The molecule has 2 heterocycles. The Kier molecular flexibility index (Phi) is 5.65. The van der Waals surface area contributed by atoms with E-state index in [1.54, 1.807) is 4.90 Å². The predicted octanol–water partition coefficient (Wildman–Crippen LogP) is 4.80. The van der Waals surface area contributed by atoms with Gasteiger partial charge in [0.05, 0.1) is 18.0 Å². The SMILES string of the molecule is CCc1nc([C@@H]2C/C(=N\OC)CN2C(=O)c2ccc(-c3ccccc3)cc2)oc1C. The van der Waals surface area contributed by atoms with Gasteiger partial charge < -0.3 is 14.2 Å². The van der Waals surface area contributed by atoms with Gasteiger partial charge in [0, 0.05) is 12.0 Å². The van der Waals surface area contributed by atoms with Gasteiger partial charge in [-0.05, 0) is 36.6 Å². The number of amides is 1. The summed E-state index contributed by atoms with van der Waals surface area (Å²) in [6, 6.07) is 17.5. The molecule has 1 aliphatic heterocycles. The van der Waals surface area contributed by atoms with E-state index in [1.165, 1.54) is 7.11 Å². The van der Waals surface area contributed by atoms with Crippen molar-refractivity contribution in [2.75, 3.05) is 13.7 Å². The maximum atomic E-state index is 13.4. The Labute approximate surface area is 176 Å². The smallest absolute Gasteiger partial charge is 0.254 e. The fourth-order valence-electron chi connectivity index (χ4n) is 3.86. The quantitative estimate of drug-likeness (QED) is 0.574. The molecule has 1 saturated heterocycles. The van der Waals surface area contributed by atoms with Gasteiger partial charge in [-0.3, -0.25) is 4.79 Å². The number of hydrogen-bond donors (Lipinski definition) is 0. The van der Waals surface area contributed by atoms with E-state index in [1.807, 2.05) is 56.3 Å². The van der Waals surface area contributed by atoms with Crippen molar-refractivity contribution in [3.63, 3.8) is 0 Å². The van der Waals surface area contributed by atoms with E-state index < -0.39 is 0 Å². The molecule has 6 nitrogen and oxygen atoms in total. The minimum absolute atomic E-state index is 0.0742. The van der Waals surface area contributed by atoms with Crippen LogP contribution < -0.4 is 0 Å². The van der Waals surface area contributed by atoms with Crippen LogP contribution in [0, 0.1) is 6.92 Å². The first kappa shape index (κ1) is 19.9. The van der Waals surface area contributed by atoms with Gasteiger partial charge in [-0.2, -0.15) is 0 Å². The number of aromatic nitrogens is 1. The predicted molar refractivity (Wildman–Crippen MR) is 115 cm³/mol. The highest BCUT2D eigenvalue weighted by Crippen LogP contribution is 2.33. The minimum atomic E-state index is -0.292. The van der Waals surface area contributed by atoms with Crippen molar-refractivity contribution in [1.29, 1.82) is 0 Å². The normalized spacial score (nSPS) is 17.5. The van der Waals surface area contributed by atoms with E-state index in [-0.39, 0.29) is 11.9 Å². The Morgan fingerprint density at radius 3 is 2.50 bits per heavy atom. The fraction of sp³-hybridized carbons (Fsp3) is 0.292. The van der Waals surface area contributed by atoms with Crippen molar-refractivity contribution in [3.05, 3.63) is 77.5 Å². The maximum Gasteiger partial charge on any atom is 0.254 e. The number of benzene rings is 2. The molecule has 1 aromatic heterocycles. The molecule has 30 heavy (non-hydrogen) atoms. The van der Waals surface area contributed by atoms with Gasteiger partial charge in [0.1, 0.15) is 18.9 Å². The van der Waals surface area contributed by atoms with Crippen LogP contribution in [-0.4, -0.2) is 35.2 Å². The Bertz CT molecular complexity index is 1060. The fourth-order valence-corrected chi connectivity index (χ4v) is 3.86. The van der Waals surface area contributed by atoms with E-state index >= 15 is 0 Å². The van der Waals surface area contributed by atoms with Crippen LogP contribution in [0.4, 0.5) is 0 Å². The largest absolute Gasteiger partial charge is 0.443 e. The van der Waals surface area contributed by atoms with Crippen molar-refractivity contribution in [2.24, 2.45) is 5.16 Å². The highest BCUT2D eigenvalue weighted by atomic mass is 16.6. The second-order valence-corrected chi connectivity index (χ2v) is 7.34. The van der Waals surface area contributed by atoms with Gasteiger partial charge in [-0.25, -0.2) is 4.98 Å². The zero-order chi connectivity index (χ0) is 21.1. The zero-order valence-corrected chi connectivity index (χ0v) is 17.5. The molecule has 1 amide bonds. The third-order valence-corrected chi connectivity index (χ3v) is 5.41. The monoisotopic (exact) mass is 403 g/mol. The lowest BCUT2D eigenvalue weighted by molar-refractivity contribution is 0.0718. The van der Waals surface area contributed by atoms with Crippen LogP contribution in [0.25, 0.3) is 11.1 Å². The molecule has 2 aromatic carbocycles. The topological polar surface area (TPSA) is 67.9 Å². The number of carbonyl (C=O) groups is 1. The Morgan fingerprint density at radius 2 is 1.87 bits per heavy atom. The van der Waals surface area contributed by atoms with Crippen LogP contribution >= 0.6 is 0 Å². The second kappa shape index (κ2) is 8.53. The Hall–Kier alpha value is -3.41. The van der Waals surface area contributed by atoms with E-state index in [2.05, 4.69) is 22.3 Å². The summed E-state index contributed by atoms with van der Waals surface area (Å²) in [4.78, 5) is 24.7. The zero-order valence-electron chi connectivity index (χ0n) is 17.5. The first-order valence-electron chi connectivity index (χ1n) is 10.1. The van der Waals surface area contributed by atoms with Crippen molar-refractivity contribution in [2.45, 2.75) is 32.7 Å². The molecule has 0 spiro atoms. The number of hydrogen-bond acceptors (Lipinski definition) is 5. The third-order valence-electron chi connectivity index (χ3n) is 5.41. The molecule has 0 radical (unpaired) electrons. The van der Waals surface area contributed by atoms with Crippen LogP contribution in [0.5, 0.6) is 0 Å². The van der Waals surface area contributed by atoms with Crippen molar-refractivity contribution < 1.29 is 14.0 Å². The van der Waals surface area contributed by atoms with Crippen LogP contribution in [0.1, 0.15) is 47.1 Å². The van der Waals surface area contributed by atoms with Gasteiger partial charge in [0.2, 0.25) is 5.89 Å². The molecule has 1 aliphatic rings. The van der Waals surface area contributed by atoms with Crippen molar-refractivity contribution in [1.82, 2.24) is 9.88 Å². The number of likely N-dealkylation sites (tertiary alicyclic amines) is 1. The summed E-state index contributed by atoms with van der Waals surface area (Å²) in [5.41, 5.74) is 4.53. The van der Waals surface area contributed by atoms with Crippen molar-refractivity contribution in [3.8, 4) is 11.1 Å². The summed E-state index contributed by atoms with van der Waals surface area (Å²) >= 11 is 0. The summed E-state index contributed by atoms with van der Waals surface area (Å²) < 4.78 is 5.91. The molecule has 0 saturated carbocycles. The molecule has 0 N–H and O–H groups in total. The number of rotatable bonds is 5. The van der Waals surface area contributed by atoms with Crippen LogP contribution in [0.15, 0.2) is 64.2 Å². The molecule has 154 valence electrons. The van der Waals surface area contributed by atoms with E-state index in [9.17, 15) is 4.79 Å². The average Bonchev–Trinajstić information content (AvgIpc) is 3.37. The standard InChI is InChI=1S/C24H25N3O3/c1-4-21-16(2)30-23(25-21)22-14-20(26-29-3)15-27(22)24(28)19-12-10-18(11-13-19)17-8-6-5-7-9-17/h5-13,22H,4,14-15H2,1-3H3/b26-20+/t22-/m0/s1. The first-order chi connectivity index (χ1) is 14.6. The van der Waals surface area contributed by atoms with Crippen LogP contribution in [0.3, 0.4) is 0 Å². The molecule has 0 aliphatic carbocycles. The molecular weight excluding hydrogens is 378 g/mol. The minimum Gasteiger partial charge on any atom is -0.443 e. The van der Waals surface area contributed by atoms with Gasteiger partial charge in [-0.1, -0.05) is 54.5 Å². The Morgan fingerprint density at radius 1 is 1.17 bits per heavy atom. The molecule has 1 fully saturated rings. The number of aryl methyl sites for hydroxylation is 2. The van der Waals surface area contributed by atoms with Gasteiger partial charge in [0.25, 0.3) is 5.91 Å². The molecule has 4 rings (SSSR count). The first-order valence-corrected chi connectivity index (χ1v) is 10.1.